The number of hydrogen-bond donors (Lipinski definition) is 1. The Morgan fingerprint density at radius 1 is 1.20 bits per heavy atom. The molecule has 0 saturated carbocycles. The zero-order valence-electron chi connectivity index (χ0n) is 13.3. The van der Waals surface area contributed by atoms with Crippen molar-refractivity contribution in [2.75, 3.05) is 31.1 Å². The Morgan fingerprint density at radius 3 is 2.64 bits per heavy atom. The van der Waals surface area contributed by atoms with E-state index in [1.165, 1.54) is 10.6 Å². The first-order valence-electron chi connectivity index (χ1n) is 7.60. The van der Waals surface area contributed by atoms with Crippen LogP contribution in [-0.4, -0.2) is 53.9 Å². The molecule has 3 aromatic rings. The van der Waals surface area contributed by atoms with Gasteiger partial charge >= 0.3 is 4.87 Å². The number of nitrogens with one attached hydrogen (secondary N) is 1. The average molecular weight is 398 g/mol. The maximum Gasteiger partial charge on any atom is 0.305 e. The van der Waals surface area contributed by atoms with Gasteiger partial charge in [-0.1, -0.05) is 11.3 Å². The summed E-state index contributed by atoms with van der Waals surface area (Å²) in [6.45, 7) is 3.40. The lowest BCUT2D eigenvalue weighted by Gasteiger charge is -2.34. The highest BCUT2D eigenvalue weighted by Crippen LogP contribution is 2.29. The van der Waals surface area contributed by atoms with E-state index in [9.17, 15) is 13.2 Å². The highest BCUT2D eigenvalue weighted by Gasteiger charge is 2.32. The molecule has 0 bridgehead atoms. The fourth-order valence-electron chi connectivity index (χ4n) is 2.90. The van der Waals surface area contributed by atoms with Crippen molar-refractivity contribution in [3.8, 4) is 0 Å². The average Bonchev–Trinajstić information content (AvgIpc) is 3.21. The number of nitrogens with zero attached hydrogens (tertiary/aromatic N) is 4. The van der Waals surface area contributed by atoms with Crippen LogP contribution in [0.25, 0.3) is 10.2 Å². The zero-order valence-corrected chi connectivity index (χ0v) is 15.7. The highest BCUT2D eigenvalue weighted by atomic mass is 32.2. The first-order valence-corrected chi connectivity index (χ1v) is 10.7. The molecule has 11 heteroatoms. The number of rotatable bonds is 3. The summed E-state index contributed by atoms with van der Waals surface area (Å²) in [6, 6.07) is 1.95. The topological polar surface area (TPSA) is 99.3 Å². The largest absolute Gasteiger partial charge is 0.353 e. The molecule has 3 aromatic heterocycles. The van der Waals surface area contributed by atoms with Gasteiger partial charge in [0.2, 0.25) is 0 Å². The molecular weight excluding hydrogens is 382 g/mol. The number of thiophene rings is 1. The van der Waals surface area contributed by atoms with Crippen LogP contribution < -0.4 is 9.77 Å². The van der Waals surface area contributed by atoms with Gasteiger partial charge < -0.3 is 9.88 Å². The Hall–Kier alpha value is -1.82. The van der Waals surface area contributed by atoms with E-state index in [0.717, 1.165) is 27.4 Å². The van der Waals surface area contributed by atoms with Crippen molar-refractivity contribution < 1.29 is 8.42 Å². The molecule has 25 heavy (non-hydrogen) atoms. The molecule has 1 fully saturated rings. The molecule has 8 nitrogen and oxygen atoms in total. The standard InChI is InChI=1S/C14H15N5O3S3/c1-9-13(24-14(20)17-9)25(21,22)19-5-3-18(4-6-19)12-11-10(2-7-23-11)15-8-16-12/h2,7-8H,3-6H2,1H3,(H,17,20). The zero-order chi connectivity index (χ0) is 17.6. The van der Waals surface area contributed by atoms with Crippen molar-refractivity contribution in [3.63, 3.8) is 0 Å². The van der Waals surface area contributed by atoms with Gasteiger partial charge in [-0.15, -0.1) is 11.3 Å². The molecule has 1 aliphatic rings. The summed E-state index contributed by atoms with van der Waals surface area (Å²) in [7, 11) is -3.65. The minimum atomic E-state index is -3.65. The first-order chi connectivity index (χ1) is 12.0. The molecule has 0 amide bonds. The third-order valence-corrected chi connectivity index (χ3v) is 8.50. The third-order valence-electron chi connectivity index (χ3n) is 4.12. The summed E-state index contributed by atoms with van der Waals surface area (Å²) < 4.78 is 28.1. The summed E-state index contributed by atoms with van der Waals surface area (Å²) in [6.07, 6.45) is 1.54. The molecule has 0 aliphatic carbocycles. The van der Waals surface area contributed by atoms with E-state index in [1.807, 2.05) is 11.4 Å². The number of sulfonamides is 1. The number of aryl methyl sites for hydroxylation is 1. The van der Waals surface area contributed by atoms with Crippen LogP contribution >= 0.6 is 22.7 Å². The number of hydrogen-bond acceptors (Lipinski definition) is 8. The maximum absolute atomic E-state index is 12.8. The van der Waals surface area contributed by atoms with Gasteiger partial charge in [-0.2, -0.15) is 4.31 Å². The minimum Gasteiger partial charge on any atom is -0.353 e. The number of thiazole rings is 1. The summed E-state index contributed by atoms with van der Waals surface area (Å²) >= 11 is 2.32. The molecular formula is C14H15N5O3S3. The lowest BCUT2D eigenvalue weighted by Crippen LogP contribution is -2.48. The van der Waals surface area contributed by atoms with Crippen molar-refractivity contribution in [3.05, 3.63) is 33.1 Å². The van der Waals surface area contributed by atoms with E-state index < -0.39 is 10.0 Å². The summed E-state index contributed by atoms with van der Waals surface area (Å²) in [4.78, 5) is 24.3. The highest BCUT2D eigenvalue weighted by molar-refractivity contribution is 7.91. The molecule has 1 aliphatic heterocycles. The monoisotopic (exact) mass is 397 g/mol. The van der Waals surface area contributed by atoms with Crippen molar-refractivity contribution in [1.82, 2.24) is 19.3 Å². The predicted molar refractivity (Wildman–Crippen MR) is 98.1 cm³/mol. The third kappa shape index (κ3) is 2.86. The second-order valence-electron chi connectivity index (χ2n) is 5.65. The lowest BCUT2D eigenvalue weighted by atomic mass is 10.3. The molecule has 4 heterocycles. The van der Waals surface area contributed by atoms with Gasteiger partial charge in [0, 0.05) is 31.9 Å². The fraction of sp³-hybridized carbons (Fsp3) is 0.357. The van der Waals surface area contributed by atoms with E-state index in [2.05, 4.69) is 19.9 Å². The van der Waals surface area contributed by atoms with Gasteiger partial charge in [0.15, 0.2) is 4.21 Å². The molecule has 4 rings (SSSR count). The summed E-state index contributed by atoms with van der Waals surface area (Å²) in [5.41, 5.74) is 1.30. The number of aromatic nitrogens is 3. The van der Waals surface area contributed by atoms with Crippen molar-refractivity contribution >= 4 is 48.7 Å². The first kappa shape index (κ1) is 16.6. The number of aromatic amines is 1. The summed E-state index contributed by atoms with van der Waals surface area (Å²) in [5.74, 6) is 0.847. The SMILES string of the molecule is Cc1[nH]c(=O)sc1S(=O)(=O)N1CCN(c2ncnc3ccsc23)CC1. The molecule has 132 valence electrons. The van der Waals surface area contributed by atoms with Gasteiger partial charge in [-0.3, -0.25) is 4.79 Å². The Morgan fingerprint density at radius 2 is 1.96 bits per heavy atom. The quantitative estimate of drug-likeness (QED) is 0.714. The van der Waals surface area contributed by atoms with Gasteiger partial charge in [0.05, 0.1) is 10.2 Å². The molecule has 0 aromatic carbocycles. The Labute approximate surface area is 151 Å². The van der Waals surface area contributed by atoms with Gasteiger partial charge in [0.25, 0.3) is 10.0 Å². The molecule has 0 atom stereocenters. The van der Waals surface area contributed by atoms with E-state index >= 15 is 0 Å². The Balaban J connectivity index is 1.56. The van der Waals surface area contributed by atoms with Crippen LogP contribution in [0.4, 0.5) is 5.82 Å². The second-order valence-corrected chi connectivity index (χ2v) is 9.68. The van der Waals surface area contributed by atoms with Crippen LogP contribution in [0.5, 0.6) is 0 Å². The van der Waals surface area contributed by atoms with Gasteiger partial charge in [-0.05, 0) is 18.4 Å². The summed E-state index contributed by atoms with van der Waals surface area (Å²) in [5, 5.41) is 1.97. The van der Waals surface area contributed by atoms with Crippen LogP contribution in [0.15, 0.2) is 26.8 Å². The fourth-order valence-corrected chi connectivity index (χ4v) is 6.61. The van der Waals surface area contributed by atoms with Crippen LogP contribution in [0.2, 0.25) is 0 Å². The van der Waals surface area contributed by atoms with Crippen LogP contribution in [0.1, 0.15) is 5.69 Å². The second kappa shape index (κ2) is 6.16. The Kier molecular flexibility index (Phi) is 4.10. The van der Waals surface area contributed by atoms with Crippen molar-refractivity contribution in [1.29, 1.82) is 0 Å². The van der Waals surface area contributed by atoms with E-state index in [4.69, 9.17) is 0 Å². The van der Waals surface area contributed by atoms with E-state index in [-0.39, 0.29) is 9.08 Å². The smallest absolute Gasteiger partial charge is 0.305 e. The van der Waals surface area contributed by atoms with Crippen molar-refractivity contribution in [2.24, 2.45) is 0 Å². The maximum atomic E-state index is 12.8. The molecule has 1 N–H and O–H groups in total. The van der Waals surface area contributed by atoms with Crippen LogP contribution in [0, 0.1) is 6.92 Å². The number of fused-ring (bicyclic) bond motifs is 1. The molecule has 1 saturated heterocycles. The van der Waals surface area contributed by atoms with Crippen LogP contribution in [0.3, 0.4) is 0 Å². The lowest BCUT2D eigenvalue weighted by molar-refractivity contribution is 0.385. The number of piperazine rings is 1. The predicted octanol–water partition coefficient (Wildman–Crippen LogP) is 1.26. The van der Waals surface area contributed by atoms with E-state index in [0.29, 0.717) is 31.9 Å². The normalized spacial score (nSPS) is 16.6. The molecule has 0 radical (unpaired) electrons. The molecule has 0 spiro atoms. The van der Waals surface area contributed by atoms with Gasteiger partial charge in [0.1, 0.15) is 12.1 Å². The molecule has 0 unspecified atom stereocenters. The number of H-pyrrole nitrogens is 1. The van der Waals surface area contributed by atoms with E-state index in [1.54, 1.807) is 18.3 Å². The number of anilines is 1. The minimum absolute atomic E-state index is 0.105. The van der Waals surface area contributed by atoms with Gasteiger partial charge in [-0.25, -0.2) is 18.4 Å². The van der Waals surface area contributed by atoms with Crippen LogP contribution in [-0.2, 0) is 10.0 Å². The van der Waals surface area contributed by atoms with Crippen molar-refractivity contribution in [2.45, 2.75) is 11.1 Å². The Bertz CT molecular complexity index is 1080.